The highest BCUT2D eigenvalue weighted by atomic mass is 32.1. The van der Waals surface area contributed by atoms with Crippen molar-refractivity contribution >= 4 is 17.2 Å². The number of hydrogen-bond donors (Lipinski definition) is 3. The van der Waals surface area contributed by atoms with Gasteiger partial charge >= 0.3 is 0 Å². The molecule has 0 saturated heterocycles. The highest BCUT2D eigenvalue weighted by Gasteiger charge is 2.07. The monoisotopic (exact) mass is 307 g/mol. The van der Waals surface area contributed by atoms with Crippen LogP contribution in [0.4, 0.5) is 4.39 Å². The van der Waals surface area contributed by atoms with Crippen LogP contribution in [0.1, 0.15) is 23.6 Å². The van der Waals surface area contributed by atoms with Crippen LogP contribution in [0.25, 0.3) is 0 Å². The van der Waals surface area contributed by atoms with Crippen LogP contribution in [0.3, 0.4) is 0 Å². The second-order valence-corrected chi connectivity index (χ2v) is 5.73. The van der Waals surface area contributed by atoms with Crippen LogP contribution in [0.2, 0.25) is 0 Å². The van der Waals surface area contributed by atoms with E-state index in [1.54, 1.807) is 17.4 Å². The van der Waals surface area contributed by atoms with E-state index in [0.717, 1.165) is 12.0 Å². The number of rotatable bonds is 6. The number of nitrogens with one attached hydrogen (secondary N) is 1. The lowest BCUT2D eigenvalue weighted by atomic mass is 10.1. The molecule has 2 rings (SSSR count). The minimum atomic E-state index is -0.401. The van der Waals surface area contributed by atoms with Crippen molar-refractivity contribution in [2.75, 3.05) is 0 Å². The van der Waals surface area contributed by atoms with Gasteiger partial charge in [0.15, 0.2) is 5.84 Å². The van der Waals surface area contributed by atoms with Crippen molar-refractivity contribution in [1.29, 1.82) is 0 Å². The van der Waals surface area contributed by atoms with Crippen molar-refractivity contribution in [3.63, 3.8) is 0 Å². The SMILES string of the molecule is CC(Cc1ccsc1)NCc1cc(F)cc(/C(N)=N/O)c1. The van der Waals surface area contributed by atoms with Gasteiger partial charge in [-0.05, 0) is 59.5 Å². The molecule has 1 aromatic carbocycles. The first-order valence-corrected chi connectivity index (χ1v) is 7.54. The van der Waals surface area contributed by atoms with Crippen molar-refractivity contribution in [2.24, 2.45) is 10.9 Å². The van der Waals surface area contributed by atoms with E-state index in [1.165, 1.54) is 17.7 Å². The summed E-state index contributed by atoms with van der Waals surface area (Å²) >= 11 is 1.68. The fourth-order valence-electron chi connectivity index (χ4n) is 2.08. The van der Waals surface area contributed by atoms with E-state index in [2.05, 4.69) is 34.2 Å². The third-order valence-corrected chi connectivity index (χ3v) is 3.87. The largest absolute Gasteiger partial charge is 0.409 e. The Kier molecular flexibility index (Phi) is 5.30. The lowest BCUT2D eigenvalue weighted by Crippen LogP contribution is -2.27. The zero-order chi connectivity index (χ0) is 15.2. The molecular formula is C15H18FN3OS. The Bertz CT molecular complexity index is 613. The van der Waals surface area contributed by atoms with Gasteiger partial charge in [0.05, 0.1) is 0 Å². The lowest BCUT2D eigenvalue weighted by Gasteiger charge is -2.13. The summed E-state index contributed by atoms with van der Waals surface area (Å²) in [7, 11) is 0. The summed E-state index contributed by atoms with van der Waals surface area (Å²) in [6.45, 7) is 2.61. The molecule has 0 aliphatic carbocycles. The molecule has 21 heavy (non-hydrogen) atoms. The molecule has 0 aliphatic heterocycles. The van der Waals surface area contributed by atoms with Crippen LogP contribution in [-0.2, 0) is 13.0 Å². The van der Waals surface area contributed by atoms with E-state index in [1.807, 2.05) is 0 Å². The van der Waals surface area contributed by atoms with Gasteiger partial charge < -0.3 is 16.3 Å². The molecule has 0 saturated carbocycles. The number of hydrogen-bond acceptors (Lipinski definition) is 4. The summed E-state index contributed by atoms with van der Waals surface area (Å²) in [6, 6.07) is 6.77. The van der Waals surface area contributed by atoms with Gasteiger partial charge in [-0.1, -0.05) is 5.16 Å². The Balaban J connectivity index is 1.98. The van der Waals surface area contributed by atoms with Crippen LogP contribution in [-0.4, -0.2) is 17.1 Å². The standard InChI is InChI=1S/C15H18FN3OS/c1-10(4-11-2-3-21-9-11)18-8-12-5-13(15(17)19-20)7-14(16)6-12/h2-3,5-7,9-10,18,20H,4,8H2,1H3,(H2,17,19). The maximum atomic E-state index is 13.5. The third kappa shape index (κ3) is 4.54. The van der Waals surface area contributed by atoms with Gasteiger partial charge in [-0.3, -0.25) is 0 Å². The summed E-state index contributed by atoms with van der Waals surface area (Å²) in [5, 5.41) is 19.1. The first kappa shape index (κ1) is 15.5. The molecule has 1 atom stereocenters. The first-order chi connectivity index (χ1) is 10.1. The fraction of sp³-hybridized carbons (Fsp3) is 0.267. The summed E-state index contributed by atoms with van der Waals surface area (Å²) in [4.78, 5) is 0. The Labute approximate surface area is 127 Å². The summed E-state index contributed by atoms with van der Waals surface area (Å²) in [6.07, 6.45) is 0.923. The van der Waals surface area contributed by atoms with Crippen molar-refractivity contribution in [1.82, 2.24) is 5.32 Å². The molecule has 0 aliphatic rings. The molecule has 0 bridgehead atoms. The predicted octanol–water partition coefficient (Wildman–Crippen LogP) is 2.70. The smallest absolute Gasteiger partial charge is 0.170 e. The zero-order valence-corrected chi connectivity index (χ0v) is 12.5. The van der Waals surface area contributed by atoms with Gasteiger partial charge in [0, 0.05) is 18.2 Å². The van der Waals surface area contributed by atoms with Crippen molar-refractivity contribution in [2.45, 2.75) is 25.9 Å². The average molecular weight is 307 g/mol. The minimum Gasteiger partial charge on any atom is -0.409 e. The van der Waals surface area contributed by atoms with Gasteiger partial charge in [0.1, 0.15) is 5.82 Å². The lowest BCUT2D eigenvalue weighted by molar-refractivity contribution is 0.318. The molecule has 1 heterocycles. The number of nitrogens with two attached hydrogens (primary N) is 1. The molecular weight excluding hydrogens is 289 g/mol. The fourth-order valence-corrected chi connectivity index (χ4v) is 2.77. The van der Waals surface area contributed by atoms with Crippen molar-refractivity contribution in [3.8, 4) is 0 Å². The molecule has 0 amide bonds. The van der Waals surface area contributed by atoms with E-state index in [-0.39, 0.29) is 11.9 Å². The number of oxime groups is 1. The maximum absolute atomic E-state index is 13.5. The first-order valence-electron chi connectivity index (χ1n) is 6.60. The average Bonchev–Trinajstić information content (AvgIpc) is 2.96. The van der Waals surface area contributed by atoms with E-state index < -0.39 is 5.82 Å². The molecule has 0 radical (unpaired) electrons. The Morgan fingerprint density at radius 3 is 2.90 bits per heavy atom. The number of halogens is 1. The van der Waals surface area contributed by atoms with Crippen LogP contribution < -0.4 is 11.1 Å². The number of thiophene rings is 1. The number of amidine groups is 1. The van der Waals surface area contributed by atoms with Crippen LogP contribution >= 0.6 is 11.3 Å². The van der Waals surface area contributed by atoms with E-state index in [4.69, 9.17) is 10.9 Å². The quantitative estimate of drug-likeness (QED) is 0.332. The molecule has 0 fully saturated rings. The molecule has 0 spiro atoms. The highest BCUT2D eigenvalue weighted by Crippen LogP contribution is 2.11. The third-order valence-electron chi connectivity index (χ3n) is 3.14. The summed E-state index contributed by atoms with van der Waals surface area (Å²) in [5.74, 6) is -0.497. The van der Waals surface area contributed by atoms with Gasteiger partial charge in [0.25, 0.3) is 0 Å². The summed E-state index contributed by atoms with van der Waals surface area (Å²) in [5.41, 5.74) is 7.91. The highest BCUT2D eigenvalue weighted by molar-refractivity contribution is 7.07. The van der Waals surface area contributed by atoms with Gasteiger partial charge in [-0.2, -0.15) is 11.3 Å². The van der Waals surface area contributed by atoms with Gasteiger partial charge in [-0.25, -0.2) is 4.39 Å². The number of nitrogens with zero attached hydrogens (tertiary/aromatic N) is 1. The topological polar surface area (TPSA) is 70.6 Å². The zero-order valence-electron chi connectivity index (χ0n) is 11.7. The van der Waals surface area contributed by atoms with E-state index in [0.29, 0.717) is 12.1 Å². The van der Waals surface area contributed by atoms with Gasteiger partial charge in [0.2, 0.25) is 0 Å². The normalized spacial score (nSPS) is 13.3. The minimum absolute atomic E-state index is 0.0953. The molecule has 6 heteroatoms. The van der Waals surface area contributed by atoms with Crippen molar-refractivity contribution < 1.29 is 9.60 Å². The second kappa shape index (κ2) is 7.19. The molecule has 2 aromatic rings. The predicted molar refractivity (Wildman–Crippen MR) is 83.2 cm³/mol. The van der Waals surface area contributed by atoms with Gasteiger partial charge in [-0.15, -0.1) is 0 Å². The van der Waals surface area contributed by atoms with Crippen LogP contribution in [0.15, 0.2) is 40.2 Å². The molecule has 112 valence electrons. The Morgan fingerprint density at radius 2 is 2.24 bits per heavy atom. The van der Waals surface area contributed by atoms with E-state index in [9.17, 15) is 4.39 Å². The maximum Gasteiger partial charge on any atom is 0.170 e. The molecule has 1 aromatic heterocycles. The Morgan fingerprint density at radius 1 is 1.43 bits per heavy atom. The van der Waals surface area contributed by atoms with Crippen LogP contribution in [0.5, 0.6) is 0 Å². The molecule has 4 N–H and O–H groups in total. The van der Waals surface area contributed by atoms with Crippen molar-refractivity contribution in [3.05, 3.63) is 57.5 Å². The molecule has 4 nitrogen and oxygen atoms in total. The van der Waals surface area contributed by atoms with Crippen LogP contribution in [0, 0.1) is 5.82 Å². The summed E-state index contributed by atoms with van der Waals surface area (Å²) < 4.78 is 13.5. The molecule has 1 unspecified atom stereocenters. The number of benzene rings is 1. The Hall–Kier alpha value is -1.92. The van der Waals surface area contributed by atoms with E-state index >= 15 is 0 Å². The second-order valence-electron chi connectivity index (χ2n) is 4.95.